The minimum atomic E-state index is -1.11. The number of rotatable bonds is 3. The van der Waals surface area contributed by atoms with E-state index in [-0.39, 0.29) is 40.1 Å². The number of aromatic nitrogens is 2. The van der Waals surface area contributed by atoms with E-state index in [1.807, 2.05) is 0 Å². The number of carboxylic acid groups (broad SMARTS) is 1. The van der Waals surface area contributed by atoms with Gasteiger partial charge in [0.2, 0.25) is 5.88 Å². The molecule has 0 amide bonds. The summed E-state index contributed by atoms with van der Waals surface area (Å²) in [5.41, 5.74) is 0.157. The number of carbonyl (C=O) groups excluding carboxylic acids is 1. The molecule has 0 saturated heterocycles. The lowest BCUT2D eigenvalue weighted by Gasteiger charge is -2.03. The van der Waals surface area contributed by atoms with Crippen LogP contribution in [0, 0.1) is 0 Å². The molecule has 2 rings (SSSR count). The van der Waals surface area contributed by atoms with Crippen molar-refractivity contribution >= 4 is 35.0 Å². The van der Waals surface area contributed by atoms with Crippen LogP contribution in [0.5, 0.6) is 5.88 Å². The first-order valence-electron chi connectivity index (χ1n) is 4.98. The van der Waals surface area contributed by atoms with E-state index in [0.717, 1.165) is 0 Å². The zero-order valence-electron chi connectivity index (χ0n) is 9.11. The lowest BCUT2D eigenvalue weighted by atomic mass is 10.1. The van der Waals surface area contributed by atoms with Crippen LogP contribution in [0.15, 0.2) is 42.9 Å². The van der Waals surface area contributed by atoms with Gasteiger partial charge in [0.1, 0.15) is 0 Å². The number of carboxylic acids is 1. The summed E-state index contributed by atoms with van der Waals surface area (Å²) in [7, 11) is 0. The van der Waals surface area contributed by atoms with Crippen molar-refractivity contribution < 1.29 is 19.4 Å². The Morgan fingerprint density at radius 2 is 1.89 bits per heavy atom. The van der Waals surface area contributed by atoms with E-state index in [2.05, 4.69) is 9.97 Å². The van der Waals surface area contributed by atoms with Crippen LogP contribution < -0.4 is 4.74 Å². The Morgan fingerprint density at radius 3 is 2.53 bits per heavy atom. The molecule has 0 bridgehead atoms. The van der Waals surface area contributed by atoms with Crippen LogP contribution in [0.25, 0.3) is 0 Å². The molecule has 94 valence electrons. The van der Waals surface area contributed by atoms with Crippen LogP contribution >= 0.6 is 0 Å². The van der Waals surface area contributed by atoms with Gasteiger partial charge >= 0.3 is 35.0 Å². The number of hydrogen-bond acceptors (Lipinski definition) is 5. The molecule has 0 unspecified atom stereocenters. The van der Waals surface area contributed by atoms with Crippen LogP contribution in [-0.2, 0) is 0 Å². The van der Waals surface area contributed by atoms with Gasteiger partial charge in [-0.25, -0.2) is 14.6 Å². The Balaban J connectivity index is 0.00000180. The summed E-state index contributed by atoms with van der Waals surface area (Å²) in [6.45, 7) is 0. The summed E-state index contributed by atoms with van der Waals surface area (Å²) >= 11 is 0. The minimum absolute atomic E-state index is 0. The summed E-state index contributed by atoms with van der Waals surface area (Å²) in [5.74, 6) is -1.73. The zero-order chi connectivity index (χ0) is 13.0. The lowest BCUT2D eigenvalue weighted by molar-refractivity contribution is 0.0697. The summed E-state index contributed by atoms with van der Waals surface area (Å²) in [6, 6.07) is 5.56. The fourth-order valence-corrected chi connectivity index (χ4v) is 1.27. The fraction of sp³-hybridized carbons (Fsp3) is 0. The number of carbonyl (C=O) groups is 2. The fourth-order valence-electron chi connectivity index (χ4n) is 1.27. The van der Waals surface area contributed by atoms with E-state index in [9.17, 15) is 9.59 Å². The van der Waals surface area contributed by atoms with Gasteiger partial charge in [-0.1, -0.05) is 6.07 Å². The SMILES string of the molecule is O=C(O)c1cccc(C(=O)Oc2cnccn2)c1.[MgH2]. The molecule has 0 spiro atoms. The first-order valence-corrected chi connectivity index (χ1v) is 4.98. The van der Waals surface area contributed by atoms with E-state index in [1.165, 1.54) is 42.9 Å². The van der Waals surface area contributed by atoms with E-state index in [0.29, 0.717) is 0 Å². The second-order valence-electron chi connectivity index (χ2n) is 3.32. The molecule has 2 aromatic rings. The van der Waals surface area contributed by atoms with Crippen molar-refractivity contribution in [3.05, 3.63) is 54.0 Å². The third kappa shape index (κ3) is 4.00. The standard InChI is InChI=1S/C12H8N2O4.Mg.2H/c15-11(16)8-2-1-3-9(6-8)12(17)18-10-7-13-4-5-14-10;;;/h1-7H,(H,15,16);;;. The zero-order valence-corrected chi connectivity index (χ0v) is 9.11. The van der Waals surface area contributed by atoms with Gasteiger partial charge in [0.05, 0.1) is 17.3 Å². The highest BCUT2D eigenvalue weighted by atomic mass is 24.3. The highest BCUT2D eigenvalue weighted by Gasteiger charge is 2.12. The molecule has 7 heteroatoms. The number of hydrogen-bond donors (Lipinski definition) is 1. The third-order valence-electron chi connectivity index (χ3n) is 2.08. The maximum Gasteiger partial charge on any atom is 0.344 e. The predicted octanol–water partition coefficient (Wildman–Crippen LogP) is 0.478. The maximum atomic E-state index is 11.7. The van der Waals surface area contributed by atoms with Crippen LogP contribution in [-0.4, -0.2) is 50.1 Å². The number of ether oxygens (including phenoxy) is 1. The van der Waals surface area contributed by atoms with E-state index in [4.69, 9.17) is 9.84 Å². The van der Waals surface area contributed by atoms with Crippen LogP contribution in [0.3, 0.4) is 0 Å². The molecule has 19 heavy (non-hydrogen) atoms. The Bertz CT molecular complexity index is 589. The molecule has 1 aromatic carbocycles. The van der Waals surface area contributed by atoms with Gasteiger partial charge in [-0.2, -0.15) is 0 Å². The van der Waals surface area contributed by atoms with Gasteiger partial charge in [-0.3, -0.25) is 4.98 Å². The predicted molar refractivity (Wildman–Crippen MR) is 68.9 cm³/mol. The summed E-state index contributed by atoms with van der Waals surface area (Å²) in [5, 5.41) is 8.81. The highest BCUT2D eigenvalue weighted by Crippen LogP contribution is 2.09. The summed E-state index contributed by atoms with van der Waals surface area (Å²) in [4.78, 5) is 30.0. The normalized spacial score (nSPS) is 9.26. The molecular formula is C12H10MgN2O4. The molecular weight excluding hydrogens is 260 g/mol. The molecule has 1 aromatic heterocycles. The second-order valence-corrected chi connectivity index (χ2v) is 3.32. The monoisotopic (exact) mass is 270 g/mol. The van der Waals surface area contributed by atoms with Crippen molar-refractivity contribution in [2.75, 3.05) is 0 Å². The van der Waals surface area contributed by atoms with Gasteiger partial charge in [-0.05, 0) is 18.2 Å². The minimum Gasteiger partial charge on any atom is -0.478 e. The number of esters is 1. The first kappa shape index (κ1) is 15.1. The van der Waals surface area contributed by atoms with Crippen molar-refractivity contribution in [1.82, 2.24) is 9.97 Å². The smallest absolute Gasteiger partial charge is 0.344 e. The molecule has 1 N–H and O–H groups in total. The Morgan fingerprint density at radius 1 is 1.16 bits per heavy atom. The average molecular weight is 271 g/mol. The summed E-state index contributed by atoms with van der Waals surface area (Å²) < 4.78 is 4.93. The van der Waals surface area contributed by atoms with Gasteiger partial charge in [0.25, 0.3) is 0 Å². The molecule has 0 radical (unpaired) electrons. The molecule has 0 fully saturated rings. The molecule has 6 nitrogen and oxygen atoms in total. The Hall–Kier alpha value is -1.99. The van der Waals surface area contributed by atoms with E-state index < -0.39 is 11.9 Å². The maximum absolute atomic E-state index is 11.7. The second kappa shape index (κ2) is 6.81. The van der Waals surface area contributed by atoms with Crippen LogP contribution in [0.1, 0.15) is 20.7 Å². The first-order chi connectivity index (χ1) is 8.66. The topological polar surface area (TPSA) is 89.4 Å². The van der Waals surface area contributed by atoms with Gasteiger partial charge in [0, 0.05) is 12.4 Å². The number of nitrogens with zero attached hydrogens (tertiary/aromatic N) is 2. The van der Waals surface area contributed by atoms with Gasteiger partial charge < -0.3 is 9.84 Å². The van der Waals surface area contributed by atoms with Crippen molar-refractivity contribution in [2.24, 2.45) is 0 Å². The molecule has 0 aliphatic heterocycles. The third-order valence-corrected chi connectivity index (χ3v) is 2.08. The van der Waals surface area contributed by atoms with Gasteiger partial charge in [0.15, 0.2) is 0 Å². The Labute approximate surface area is 124 Å². The molecule has 0 saturated carbocycles. The average Bonchev–Trinajstić information content (AvgIpc) is 2.40. The van der Waals surface area contributed by atoms with Crippen molar-refractivity contribution in [2.45, 2.75) is 0 Å². The molecule has 0 atom stereocenters. The molecule has 0 aliphatic carbocycles. The van der Waals surface area contributed by atoms with Crippen LogP contribution in [0.2, 0.25) is 0 Å². The van der Waals surface area contributed by atoms with E-state index >= 15 is 0 Å². The van der Waals surface area contributed by atoms with Crippen molar-refractivity contribution in [3.8, 4) is 5.88 Å². The van der Waals surface area contributed by atoms with Crippen molar-refractivity contribution in [3.63, 3.8) is 0 Å². The van der Waals surface area contributed by atoms with Gasteiger partial charge in [-0.15, -0.1) is 0 Å². The number of benzene rings is 1. The van der Waals surface area contributed by atoms with E-state index in [1.54, 1.807) is 0 Å². The number of aromatic carboxylic acids is 1. The lowest BCUT2D eigenvalue weighted by Crippen LogP contribution is -2.10. The quantitative estimate of drug-likeness (QED) is 0.644. The van der Waals surface area contributed by atoms with Crippen LogP contribution in [0.4, 0.5) is 0 Å². The molecule has 1 heterocycles. The Kier molecular flexibility index (Phi) is 5.40. The molecule has 0 aliphatic rings. The van der Waals surface area contributed by atoms with Crippen molar-refractivity contribution in [1.29, 1.82) is 0 Å². The summed E-state index contributed by atoms with van der Waals surface area (Å²) in [6.07, 6.45) is 4.12. The highest BCUT2D eigenvalue weighted by molar-refractivity contribution is 5.95. The largest absolute Gasteiger partial charge is 0.478 e.